The van der Waals surface area contributed by atoms with Crippen LogP contribution >= 0.6 is 0 Å². The van der Waals surface area contributed by atoms with Crippen molar-refractivity contribution in [1.82, 2.24) is 16.0 Å². The Hall–Kier alpha value is -2.15. The fourth-order valence-corrected chi connectivity index (χ4v) is 3.39. The molecule has 2 aliphatic heterocycles. The van der Waals surface area contributed by atoms with Gasteiger partial charge in [0.2, 0.25) is 5.91 Å². The molecule has 3 rings (SSSR count). The maximum absolute atomic E-state index is 12.8. The molecular formula is C18H25FN4O2. The van der Waals surface area contributed by atoms with Crippen LogP contribution in [0, 0.1) is 5.82 Å². The van der Waals surface area contributed by atoms with E-state index in [4.69, 9.17) is 4.74 Å². The predicted molar refractivity (Wildman–Crippen MR) is 93.9 cm³/mol. The fraction of sp³-hybridized carbons (Fsp3) is 0.556. The minimum absolute atomic E-state index is 0.0853. The topological polar surface area (TPSA) is 74.8 Å². The van der Waals surface area contributed by atoms with Crippen molar-refractivity contribution >= 4 is 11.9 Å². The molecule has 7 heteroatoms. The first-order valence-corrected chi connectivity index (χ1v) is 8.78. The molecule has 1 aromatic rings. The Morgan fingerprint density at radius 2 is 2.00 bits per heavy atom. The summed E-state index contributed by atoms with van der Waals surface area (Å²) in [5, 5.41) is 9.44. The van der Waals surface area contributed by atoms with Crippen LogP contribution < -0.4 is 16.0 Å². The maximum Gasteiger partial charge on any atom is 0.224 e. The first-order valence-electron chi connectivity index (χ1n) is 8.78. The van der Waals surface area contributed by atoms with Crippen LogP contribution in [0.1, 0.15) is 24.8 Å². The predicted octanol–water partition coefficient (Wildman–Crippen LogP) is 0.969. The molecule has 0 saturated carbocycles. The third-order valence-electron chi connectivity index (χ3n) is 4.67. The Morgan fingerprint density at radius 3 is 2.64 bits per heavy atom. The number of benzene rings is 1. The molecule has 2 fully saturated rings. The quantitative estimate of drug-likeness (QED) is 0.407. The van der Waals surface area contributed by atoms with Gasteiger partial charge in [0.05, 0.1) is 24.7 Å². The number of amides is 1. The largest absolute Gasteiger partial charge is 0.373 e. The molecule has 25 heavy (non-hydrogen) atoms. The van der Waals surface area contributed by atoms with Crippen molar-refractivity contribution in [2.75, 3.05) is 20.1 Å². The number of carbonyl (C=O) groups is 1. The van der Waals surface area contributed by atoms with Crippen LogP contribution in [-0.4, -0.2) is 50.3 Å². The number of carbonyl (C=O) groups excluding carboxylic acids is 1. The third kappa shape index (κ3) is 4.92. The molecule has 3 atom stereocenters. The third-order valence-corrected chi connectivity index (χ3v) is 4.67. The molecule has 0 spiro atoms. The van der Waals surface area contributed by atoms with Crippen LogP contribution in [0.2, 0.25) is 0 Å². The van der Waals surface area contributed by atoms with E-state index in [9.17, 15) is 9.18 Å². The van der Waals surface area contributed by atoms with Gasteiger partial charge in [-0.15, -0.1) is 0 Å². The SMILES string of the molecule is CN=C(NCCNC(=O)Cc1ccc(F)cc1)NC1CC2CCC1O2. The smallest absolute Gasteiger partial charge is 0.224 e. The second kappa shape index (κ2) is 8.29. The van der Waals surface area contributed by atoms with E-state index in [1.807, 2.05) is 0 Å². The summed E-state index contributed by atoms with van der Waals surface area (Å²) in [5.41, 5.74) is 0.792. The number of nitrogens with zero attached hydrogens (tertiary/aromatic N) is 1. The highest BCUT2D eigenvalue weighted by Crippen LogP contribution is 2.34. The second-order valence-electron chi connectivity index (χ2n) is 6.51. The monoisotopic (exact) mass is 348 g/mol. The van der Waals surface area contributed by atoms with Gasteiger partial charge in [0.1, 0.15) is 5.82 Å². The highest BCUT2D eigenvalue weighted by molar-refractivity contribution is 5.80. The van der Waals surface area contributed by atoms with Crippen molar-refractivity contribution in [3.63, 3.8) is 0 Å². The number of rotatable bonds is 6. The van der Waals surface area contributed by atoms with Crippen LogP contribution in [0.5, 0.6) is 0 Å². The average Bonchev–Trinajstić information content (AvgIpc) is 3.22. The van der Waals surface area contributed by atoms with Gasteiger partial charge < -0.3 is 20.7 Å². The summed E-state index contributed by atoms with van der Waals surface area (Å²) in [6, 6.07) is 6.28. The van der Waals surface area contributed by atoms with Crippen LogP contribution in [0.15, 0.2) is 29.3 Å². The van der Waals surface area contributed by atoms with Gasteiger partial charge in [0.15, 0.2) is 5.96 Å². The van der Waals surface area contributed by atoms with Crippen LogP contribution in [-0.2, 0) is 16.0 Å². The van der Waals surface area contributed by atoms with E-state index in [1.54, 1.807) is 19.2 Å². The van der Waals surface area contributed by atoms with Crippen molar-refractivity contribution in [3.8, 4) is 0 Å². The van der Waals surface area contributed by atoms with Crippen LogP contribution in [0.3, 0.4) is 0 Å². The van der Waals surface area contributed by atoms with Crippen molar-refractivity contribution in [3.05, 3.63) is 35.6 Å². The number of nitrogens with one attached hydrogen (secondary N) is 3. The van der Waals surface area contributed by atoms with E-state index >= 15 is 0 Å². The number of ether oxygens (including phenoxy) is 1. The number of aliphatic imine (C=N–C) groups is 1. The Labute approximate surface area is 147 Å². The minimum Gasteiger partial charge on any atom is -0.373 e. The average molecular weight is 348 g/mol. The molecule has 2 aliphatic rings. The molecule has 0 aliphatic carbocycles. The van der Waals surface area contributed by atoms with Gasteiger partial charge in [-0.1, -0.05) is 12.1 Å². The number of guanidine groups is 1. The van der Waals surface area contributed by atoms with E-state index in [-0.39, 0.29) is 18.1 Å². The molecule has 0 radical (unpaired) electrons. The van der Waals surface area contributed by atoms with Crippen molar-refractivity contribution < 1.29 is 13.9 Å². The normalized spacial score (nSPS) is 25.0. The molecule has 1 amide bonds. The number of hydrogen-bond acceptors (Lipinski definition) is 3. The van der Waals surface area contributed by atoms with Gasteiger partial charge in [-0.3, -0.25) is 9.79 Å². The van der Waals surface area contributed by atoms with Gasteiger partial charge in [0, 0.05) is 20.1 Å². The Bertz CT molecular complexity index is 620. The van der Waals surface area contributed by atoms with Gasteiger partial charge >= 0.3 is 0 Å². The maximum atomic E-state index is 12.8. The zero-order valence-corrected chi connectivity index (χ0v) is 14.4. The molecular weight excluding hydrogens is 323 g/mol. The molecule has 2 saturated heterocycles. The van der Waals surface area contributed by atoms with Gasteiger partial charge in [-0.25, -0.2) is 4.39 Å². The lowest BCUT2D eigenvalue weighted by Gasteiger charge is -2.22. The van der Waals surface area contributed by atoms with Crippen LogP contribution in [0.4, 0.5) is 4.39 Å². The van der Waals surface area contributed by atoms with Crippen molar-refractivity contribution in [2.24, 2.45) is 4.99 Å². The highest BCUT2D eigenvalue weighted by Gasteiger charge is 2.41. The molecule has 2 bridgehead atoms. The van der Waals surface area contributed by atoms with E-state index in [0.29, 0.717) is 31.3 Å². The Balaban J connectivity index is 1.33. The van der Waals surface area contributed by atoms with Crippen molar-refractivity contribution in [1.29, 1.82) is 0 Å². The lowest BCUT2D eigenvalue weighted by atomic mass is 9.96. The molecule has 136 valence electrons. The first-order chi connectivity index (χ1) is 12.1. The zero-order valence-electron chi connectivity index (χ0n) is 14.4. The zero-order chi connectivity index (χ0) is 17.6. The summed E-state index contributed by atoms with van der Waals surface area (Å²) < 4.78 is 18.7. The summed E-state index contributed by atoms with van der Waals surface area (Å²) in [6.45, 7) is 1.07. The summed E-state index contributed by atoms with van der Waals surface area (Å²) in [4.78, 5) is 16.1. The van der Waals surface area contributed by atoms with Gasteiger partial charge in [-0.2, -0.15) is 0 Å². The summed E-state index contributed by atoms with van der Waals surface area (Å²) in [7, 11) is 1.73. The van der Waals surface area contributed by atoms with E-state index in [0.717, 1.165) is 30.8 Å². The fourth-order valence-electron chi connectivity index (χ4n) is 3.39. The van der Waals surface area contributed by atoms with E-state index < -0.39 is 0 Å². The van der Waals surface area contributed by atoms with Gasteiger partial charge in [-0.05, 0) is 37.0 Å². The lowest BCUT2D eigenvalue weighted by molar-refractivity contribution is -0.120. The Morgan fingerprint density at radius 1 is 1.24 bits per heavy atom. The second-order valence-corrected chi connectivity index (χ2v) is 6.51. The molecule has 0 aromatic heterocycles. The summed E-state index contributed by atoms with van der Waals surface area (Å²) in [6.07, 6.45) is 4.23. The summed E-state index contributed by atoms with van der Waals surface area (Å²) >= 11 is 0. The van der Waals surface area contributed by atoms with E-state index in [1.165, 1.54) is 12.1 Å². The Kier molecular flexibility index (Phi) is 5.86. The standard InChI is InChI=1S/C18H25FN4O2/c1-20-18(23-15-11-14-6-7-16(15)25-14)22-9-8-21-17(24)10-12-2-4-13(19)5-3-12/h2-5,14-16H,6-11H2,1H3,(H,21,24)(H2,20,22,23). The summed E-state index contributed by atoms with van der Waals surface area (Å²) in [5.74, 6) is 0.347. The molecule has 3 N–H and O–H groups in total. The van der Waals surface area contributed by atoms with E-state index in [2.05, 4.69) is 20.9 Å². The molecule has 1 aromatic carbocycles. The van der Waals surface area contributed by atoms with Gasteiger partial charge in [0.25, 0.3) is 0 Å². The molecule has 6 nitrogen and oxygen atoms in total. The molecule has 3 unspecified atom stereocenters. The lowest BCUT2D eigenvalue weighted by Crippen LogP contribution is -2.48. The number of halogens is 1. The number of hydrogen-bond donors (Lipinski definition) is 3. The highest BCUT2D eigenvalue weighted by atomic mass is 19.1. The van der Waals surface area contributed by atoms with Crippen molar-refractivity contribution in [2.45, 2.75) is 43.9 Å². The molecule has 2 heterocycles. The minimum atomic E-state index is -0.298. The number of fused-ring (bicyclic) bond motifs is 2. The van der Waals surface area contributed by atoms with Crippen LogP contribution in [0.25, 0.3) is 0 Å². The first kappa shape index (κ1) is 17.7.